The van der Waals surface area contributed by atoms with Gasteiger partial charge in [-0.3, -0.25) is 4.90 Å². The second kappa shape index (κ2) is 9.64. The minimum absolute atomic E-state index is 0.628. The fourth-order valence-corrected chi connectivity index (χ4v) is 4.14. The Hall–Kier alpha value is -3.36. The van der Waals surface area contributed by atoms with Crippen LogP contribution < -0.4 is 9.64 Å². The van der Waals surface area contributed by atoms with Crippen LogP contribution in [0.4, 0.5) is 6.01 Å². The minimum atomic E-state index is 0.628. The van der Waals surface area contributed by atoms with Crippen LogP contribution in [0.2, 0.25) is 0 Å². The van der Waals surface area contributed by atoms with Crippen LogP contribution in [0.5, 0.6) is 5.75 Å². The van der Waals surface area contributed by atoms with Crippen LogP contribution in [0.15, 0.2) is 53.2 Å². The largest absolute Gasteiger partial charge is 0.497 e. The predicted molar refractivity (Wildman–Crippen MR) is 126 cm³/mol. The van der Waals surface area contributed by atoms with Gasteiger partial charge in [-0.15, -0.1) is 0 Å². The molecule has 0 aliphatic carbocycles. The van der Waals surface area contributed by atoms with Crippen molar-refractivity contribution in [3.63, 3.8) is 0 Å². The molecule has 2 aromatic carbocycles. The number of rotatable bonds is 8. The predicted octanol–water partition coefficient (Wildman–Crippen LogP) is 3.91. The number of nitrogens with one attached hydrogen (secondary N) is 1. The number of imidazole rings is 1. The number of ether oxygens (including phenoxy) is 2. The topological polar surface area (TPSA) is 79.7 Å². The smallest absolute Gasteiger partial charge is 0.298 e. The average Bonchev–Trinajstić information content (AvgIpc) is 3.45. The summed E-state index contributed by atoms with van der Waals surface area (Å²) in [5, 5.41) is 0. The molecule has 5 rings (SSSR count). The van der Waals surface area contributed by atoms with Gasteiger partial charge in [0.05, 0.1) is 49.9 Å². The first kappa shape index (κ1) is 21.5. The Labute approximate surface area is 193 Å². The summed E-state index contributed by atoms with van der Waals surface area (Å²) in [5.74, 6) is 1.74. The van der Waals surface area contributed by atoms with Crippen molar-refractivity contribution in [2.75, 3.05) is 38.3 Å². The van der Waals surface area contributed by atoms with Crippen molar-refractivity contribution in [3.8, 4) is 5.75 Å². The summed E-state index contributed by atoms with van der Waals surface area (Å²) in [6.07, 6.45) is 1.72. The Morgan fingerprint density at radius 1 is 1.09 bits per heavy atom. The number of fused-ring (bicyclic) bond motifs is 1. The summed E-state index contributed by atoms with van der Waals surface area (Å²) < 4.78 is 17.2. The zero-order valence-corrected chi connectivity index (χ0v) is 19.1. The Balaban J connectivity index is 1.42. The lowest BCUT2D eigenvalue weighted by atomic mass is 10.1. The third-order valence-corrected chi connectivity index (χ3v) is 5.99. The maximum atomic E-state index is 6.33. The van der Waals surface area contributed by atoms with Crippen LogP contribution in [0, 0.1) is 6.92 Å². The van der Waals surface area contributed by atoms with E-state index in [1.54, 1.807) is 13.4 Å². The average molecular weight is 448 g/mol. The molecule has 1 N–H and O–H groups in total. The molecule has 0 spiro atoms. The van der Waals surface area contributed by atoms with Gasteiger partial charge in [0, 0.05) is 26.2 Å². The molecule has 1 aliphatic heterocycles. The van der Waals surface area contributed by atoms with Gasteiger partial charge in [-0.1, -0.05) is 18.2 Å². The van der Waals surface area contributed by atoms with Crippen molar-refractivity contribution in [2.24, 2.45) is 0 Å². The van der Waals surface area contributed by atoms with E-state index in [1.165, 1.54) is 0 Å². The Kier molecular flexibility index (Phi) is 6.28. The van der Waals surface area contributed by atoms with E-state index in [4.69, 9.17) is 18.9 Å². The van der Waals surface area contributed by atoms with Crippen LogP contribution in [0.3, 0.4) is 0 Å². The number of oxazole rings is 1. The molecule has 1 saturated heterocycles. The molecule has 0 amide bonds. The maximum Gasteiger partial charge on any atom is 0.298 e. The van der Waals surface area contributed by atoms with Crippen LogP contribution in [0.25, 0.3) is 11.0 Å². The van der Waals surface area contributed by atoms with Gasteiger partial charge < -0.3 is 23.8 Å². The van der Waals surface area contributed by atoms with Crippen LogP contribution >= 0.6 is 0 Å². The number of benzene rings is 2. The summed E-state index contributed by atoms with van der Waals surface area (Å²) in [7, 11) is 1.69. The highest BCUT2D eigenvalue weighted by Gasteiger charge is 2.20. The van der Waals surface area contributed by atoms with Crippen LogP contribution in [0.1, 0.15) is 22.6 Å². The van der Waals surface area contributed by atoms with Crippen molar-refractivity contribution >= 4 is 17.0 Å². The van der Waals surface area contributed by atoms with E-state index < -0.39 is 0 Å². The molecule has 0 unspecified atom stereocenters. The number of hydrogen-bond acceptors (Lipinski definition) is 7. The first-order valence-corrected chi connectivity index (χ1v) is 11.2. The number of aryl methyl sites for hydroxylation is 1. The molecular formula is C25H29N5O3. The lowest BCUT2D eigenvalue weighted by molar-refractivity contribution is 0.0313. The number of aromatic nitrogens is 3. The summed E-state index contributed by atoms with van der Waals surface area (Å²) >= 11 is 0. The van der Waals surface area contributed by atoms with E-state index in [2.05, 4.69) is 44.0 Å². The number of H-pyrrole nitrogens is 1. The third-order valence-electron chi connectivity index (χ3n) is 5.99. The van der Waals surface area contributed by atoms with Gasteiger partial charge in [-0.2, -0.15) is 4.98 Å². The minimum Gasteiger partial charge on any atom is -0.497 e. The van der Waals surface area contributed by atoms with Crippen molar-refractivity contribution in [1.82, 2.24) is 19.9 Å². The van der Waals surface area contributed by atoms with Gasteiger partial charge in [0.1, 0.15) is 11.5 Å². The molecular weight excluding hydrogens is 418 g/mol. The molecule has 3 heterocycles. The monoisotopic (exact) mass is 447 g/mol. The van der Waals surface area contributed by atoms with Gasteiger partial charge in [-0.25, -0.2) is 4.98 Å². The lowest BCUT2D eigenvalue weighted by Gasteiger charge is -2.25. The van der Waals surface area contributed by atoms with E-state index in [1.807, 2.05) is 25.1 Å². The number of anilines is 1. The number of nitrogens with zero attached hydrogens (tertiary/aromatic N) is 4. The van der Waals surface area contributed by atoms with Crippen LogP contribution in [-0.2, 0) is 24.4 Å². The van der Waals surface area contributed by atoms with E-state index in [0.29, 0.717) is 19.1 Å². The van der Waals surface area contributed by atoms with Gasteiger partial charge in [0.15, 0.2) is 0 Å². The molecule has 0 bridgehead atoms. The second-order valence-corrected chi connectivity index (χ2v) is 8.36. The van der Waals surface area contributed by atoms with Crippen molar-refractivity contribution in [3.05, 3.63) is 71.4 Å². The molecule has 8 heteroatoms. The highest BCUT2D eigenvalue weighted by molar-refractivity contribution is 5.75. The molecule has 0 atom stereocenters. The van der Waals surface area contributed by atoms with E-state index in [9.17, 15) is 0 Å². The number of methoxy groups -OCH3 is 1. The van der Waals surface area contributed by atoms with E-state index in [-0.39, 0.29) is 0 Å². The standard InChI is InChI=1S/C25H29N5O3/c1-18-24(16-29-8-10-32-11-9-29)33-25(28-18)30(14-19-4-3-5-21(12-19)31-2)15-20-6-7-22-23(13-20)27-17-26-22/h3-7,12-13,17H,8-11,14-16H2,1-2H3,(H,26,27). The SMILES string of the molecule is COc1cccc(CN(Cc2ccc3nc[nH]c3c2)c2nc(C)c(CN3CCOCC3)o2)c1. The van der Waals surface area contributed by atoms with Crippen LogP contribution in [-0.4, -0.2) is 53.3 Å². The fourth-order valence-electron chi connectivity index (χ4n) is 4.14. The maximum absolute atomic E-state index is 6.33. The van der Waals surface area contributed by atoms with Crippen molar-refractivity contribution in [1.29, 1.82) is 0 Å². The molecule has 8 nitrogen and oxygen atoms in total. The molecule has 0 radical (unpaired) electrons. The van der Waals surface area contributed by atoms with Gasteiger partial charge in [0.25, 0.3) is 6.01 Å². The van der Waals surface area contributed by atoms with Gasteiger partial charge in [-0.05, 0) is 42.3 Å². The normalized spacial score (nSPS) is 14.6. The number of morpholine rings is 1. The first-order valence-electron chi connectivity index (χ1n) is 11.2. The molecule has 4 aromatic rings. The molecule has 33 heavy (non-hydrogen) atoms. The summed E-state index contributed by atoms with van der Waals surface area (Å²) in [6, 6.07) is 15.0. The Morgan fingerprint density at radius 3 is 2.73 bits per heavy atom. The molecule has 2 aromatic heterocycles. The summed E-state index contributed by atoms with van der Waals surface area (Å²) in [4.78, 5) is 16.9. The second-order valence-electron chi connectivity index (χ2n) is 8.36. The number of aromatic amines is 1. The van der Waals surface area contributed by atoms with Crippen molar-refractivity contribution < 1.29 is 13.9 Å². The molecule has 172 valence electrons. The molecule has 1 fully saturated rings. The van der Waals surface area contributed by atoms with E-state index >= 15 is 0 Å². The molecule has 1 aliphatic rings. The van der Waals surface area contributed by atoms with Gasteiger partial charge >= 0.3 is 0 Å². The van der Waals surface area contributed by atoms with Gasteiger partial charge in [0.2, 0.25) is 0 Å². The first-order chi connectivity index (χ1) is 16.2. The Morgan fingerprint density at radius 2 is 1.91 bits per heavy atom. The fraction of sp³-hybridized carbons (Fsp3) is 0.360. The highest BCUT2D eigenvalue weighted by atomic mass is 16.5. The zero-order chi connectivity index (χ0) is 22.6. The summed E-state index contributed by atoms with van der Waals surface area (Å²) in [6.45, 7) is 7.41. The lowest BCUT2D eigenvalue weighted by Crippen LogP contribution is -2.35. The third kappa shape index (κ3) is 5.02. The number of hydrogen-bond donors (Lipinski definition) is 1. The zero-order valence-electron chi connectivity index (χ0n) is 19.1. The highest BCUT2D eigenvalue weighted by Crippen LogP contribution is 2.26. The van der Waals surface area contributed by atoms with E-state index in [0.717, 1.165) is 72.2 Å². The Bertz CT molecular complexity index is 1210. The van der Waals surface area contributed by atoms with Crippen molar-refractivity contribution in [2.45, 2.75) is 26.6 Å². The quantitative estimate of drug-likeness (QED) is 0.439. The molecule has 0 saturated carbocycles. The summed E-state index contributed by atoms with van der Waals surface area (Å²) in [5.41, 5.74) is 5.18.